The van der Waals surface area contributed by atoms with E-state index < -0.39 is 0 Å². The number of carbonyl (C=O) groups excluding carboxylic acids is 1. The Morgan fingerprint density at radius 2 is 1.82 bits per heavy atom. The fraction of sp³-hybridized carbons (Fsp3) is 0.625. The molecule has 0 saturated carbocycles. The Morgan fingerprint density at radius 3 is 1.91 bits per heavy atom. The van der Waals surface area contributed by atoms with Crippen molar-refractivity contribution < 1.29 is 4.79 Å². The highest BCUT2D eigenvalue weighted by Gasteiger charge is 1.95. The van der Waals surface area contributed by atoms with Gasteiger partial charge >= 0.3 is 0 Å². The Hall–Kier alpha value is -0.830. The van der Waals surface area contributed by atoms with Gasteiger partial charge in [-0.3, -0.25) is 4.79 Å². The maximum atomic E-state index is 10.5. The third kappa shape index (κ3) is 12.4. The van der Waals surface area contributed by atoms with Crippen molar-refractivity contribution in [2.75, 3.05) is 20.6 Å². The second kappa shape index (κ2) is 9.17. The van der Waals surface area contributed by atoms with Crippen LogP contribution in [0.4, 0.5) is 0 Å². The standard InChI is InChI=1S/C6H11NO.C2H7N/c1-4-7-6(8)5(2)3;1-3-2/h2,4H2,1,3H3,(H,7,8);3H,1-2H3. The summed E-state index contributed by atoms with van der Waals surface area (Å²) in [4.78, 5) is 10.5. The summed E-state index contributed by atoms with van der Waals surface area (Å²) in [6, 6.07) is 0. The smallest absolute Gasteiger partial charge is 0.246 e. The molecule has 0 aromatic carbocycles. The molecule has 0 aromatic rings. The van der Waals surface area contributed by atoms with Gasteiger partial charge in [-0.05, 0) is 27.9 Å². The Labute approximate surface area is 68.9 Å². The Balaban J connectivity index is 0. The van der Waals surface area contributed by atoms with Crippen molar-refractivity contribution >= 4 is 5.91 Å². The molecule has 1 amide bonds. The van der Waals surface area contributed by atoms with E-state index >= 15 is 0 Å². The first-order valence-corrected chi connectivity index (χ1v) is 3.62. The van der Waals surface area contributed by atoms with Gasteiger partial charge < -0.3 is 10.6 Å². The molecule has 0 saturated heterocycles. The Bertz CT molecular complexity index is 121. The lowest BCUT2D eigenvalue weighted by atomic mass is 10.3. The third-order valence-electron chi connectivity index (χ3n) is 0.725. The van der Waals surface area contributed by atoms with E-state index in [2.05, 4.69) is 17.2 Å². The van der Waals surface area contributed by atoms with E-state index in [1.165, 1.54) is 0 Å². The van der Waals surface area contributed by atoms with Crippen molar-refractivity contribution in [3.05, 3.63) is 12.2 Å². The molecule has 0 rings (SSSR count). The fourth-order valence-electron chi connectivity index (χ4n) is 0.311. The van der Waals surface area contributed by atoms with Crippen LogP contribution < -0.4 is 10.6 Å². The van der Waals surface area contributed by atoms with E-state index in [0.29, 0.717) is 12.1 Å². The van der Waals surface area contributed by atoms with Crippen LogP contribution in [0.2, 0.25) is 0 Å². The van der Waals surface area contributed by atoms with E-state index in [-0.39, 0.29) is 5.91 Å². The summed E-state index contributed by atoms with van der Waals surface area (Å²) in [6.07, 6.45) is 0. The number of hydrogen-bond acceptors (Lipinski definition) is 2. The number of likely N-dealkylation sites (N-methyl/N-ethyl adjacent to an activating group) is 1. The lowest BCUT2D eigenvalue weighted by Gasteiger charge is -1.97. The molecule has 11 heavy (non-hydrogen) atoms. The number of amides is 1. The van der Waals surface area contributed by atoms with E-state index in [0.717, 1.165) is 0 Å². The minimum atomic E-state index is -0.0625. The zero-order valence-corrected chi connectivity index (χ0v) is 7.82. The summed E-state index contributed by atoms with van der Waals surface area (Å²) in [5.41, 5.74) is 0.562. The molecule has 0 atom stereocenters. The van der Waals surface area contributed by atoms with Crippen LogP contribution in [0.3, 0.4) is 0 Å². The Kier molecular flexibility index (Phi) is 10.7. The minimum Gasteiger partial charge on any atom is -0.353 e. The molecule has 0 aromatic heterocycles. The van der Waals surface area contributed by atoms with Crippen LogP contribution >= 0.6 is 0 Å². The van der Waals surface area contributed by atoms with Gasteiger partial charge in [-0.15, -0.1) is 0 Å². The van der Waals surface area contributed by atoms with Crippen LogP contribution in [0.15, 0.2) is 12.2 Å². The monoisotopic (exact) mass is 158 g/mol. The lowest BCUT2D eigenvalue weighted by Crippen LogP contribution is -2.22. The average Bonchev–Trinajstić information content (AvgIpc) is 1.90. The molecular formula is C8H18N2O. The molecule has 3 heteroatoms. The third-order valence-corrected chi connectivity index (χ3v) is 0.725. The van der Waals surface area contributed by atoms with E-state index in [1.807, 2.05) is 21.0 Å². The van der Waals surface area contributed by atoms with Crippen molar-refractivity contribution in [2.24, 2.45) is 0 Å². The normalized spacial score (nSPS) is 7.64. The highest BCUT2D eigenvalue weighted by Crippen LogP contribution is 1.82. The van der Waals surface area contributed by atoms with Gasteiger partial charge in [0.25, 0.3) is 0 Å². The summed E-state index contributed by atoms with van der Waals surface area (Å²) in [7, 11) is 3.75. The van der Waals surface area contributed by atoms with Gasteiger partial charge in [-0.25, -0.2) is 0 Å². The molecule has 0 aliphatic rings. The lowest BCUT2D eigenvalue weighted by molar-refractivity contribution is -0.117. The van der Waals surface area contributed by atoms with Crippen molar-refractivity contribution in [1.82, 2.24) is 10.6 Å². The van der Waals surface area contributed by atoms with Crippen molar-refractivity contribution in [3.63, 3.8) is 0 Å². The molecule has 0 aliphatic carbocycles. The molecule has 0 unspecified atom stereocenters. The summed E-state index contributed by atoms with van der Waals surface area (Å²) in [5, 5.41) is 5.36. The highest BCUT2D eigenvalue weighted by atomic mass is 16.1. The molecule has 2 N–H and O–H groups in total. The Morgan fingerprint density at radius 1 is 1.45 bits per heavy atom. The SMILES string of the molecule is C=C(C)C(=O)NCC.CNC. The predicted molar refractivity (Wildman–Crippen MR) is 48.5 cm³/mol. The van der Waals surface area contributed by atoms with Gasteiger partial charge in [-0.2, -0.15) is 0 Å². The summed E-state index contributed by atoms with van der Waals surface area (Å²) in [5.74, 6) is -0.0625. The molecule has 0 heterocycles. The second-order valence-electron chi connectivity index (χ2n) is 2.14. The van der Waals surface area contributed by atoms with E-state index in [1.54, 1.807) is 6.92 Å². The van der Waals surface area contributed by atoms with Gasteiger partial charge in [0.05, 0.1) is 0 Å². The van der Waals surface area contributed by atoms with E-state index in [9.17, 15) is 4.79 Å². The maximum Gasteiger partial charge on any atom is 0.246 e. The number of rotatable bonds is 2. The summed E-state index contributed by atoms with van der Waals surface area (Å²) in [6.45, 7) is 7.70. The first-order valence-electron chi connectivity index (χ1n) is 3.62. The zero-order valence-electron chi connectivity index (χ0n) is 7.82. The van der Waals surface area contributed by atoms with Gasteiger partial charge in [-0.1, -0.05) is 6.58 Å². The second-order valence-corrected chi connectivity index (χ2v) is 2.14. The van der Waals surface area contributed by atoms with Gasteiger partial charge in [0.15, 0.2) is 0 Å². The van der Waals surface area contributed by atoms with Crippen molar-refractivity contribution in [2.45, 2.75) is 13.8 Å². The van der Waals surface area contributed by atoms with Crippen LogP contribution in [0, 0.1) is 0 Å². The minimum absolute atomic E-state index is 0.0625. The highest BCUT2D eigenvalue weighted by molar-refractivity contribution is 5.91. The van der Waals surface area contributed by atoms with Crippen LogP contribution in [0.5, 0.6) is 0 Å². The predicted octanol–water partition coefficient (Wildman–Crippen LogP) is 0.534. The maximum absolute atomic E-state index is 10.5. The molecule has 3 nitrogen and oxygen atoms in total. The quantitative estimate of drug-likeness (QED) is 0.576. The van der Waals surface area contributed by atoms with Crippen LogP contribution in [0.25, 0.3) is 0 Å². The van der Waals surface area contributed by atoms with Crippen molar-refractivity contribution in [3.8, 4) is 0 Å². The molecule has 0 aliphatic heterocycles. The average molecular weight is 158 g/mol. The molecule has 0 spiro atoms. The largest absolute Gasteiger partial charge is 0.353 e. The van der Waals surface area contributed by atoms with Crippen LogP contribution in [-0.2, 0) is 4.79 Å². The summed E-state index contributed by atoms with van der Waals surface area (Å²) < 4.78 is 0. The topological polar surface area (TPSA) is 41.1 Å². The fourth-order valence-corrected chi connectivity index (χ4v) is 0.311. The van der Waals surface area contributed by atoms with Crippen LogP contribution in [0.1, 0.15) is 13.8 Å². The molecule has 0 radical (unpaired) electrons. The van der Waals surface area contributed by atoms with Crippen molar-refractivity contribution in [1.29, 1.82) is 0 Å². The van der Waals surface area contributed by atoms with Gasteiger partial charge in [0.2, 0.25) is 5.91 Å². The number of carbonyl (C=O) groups is 1. The number of nitrogens with one attached hydrogen (secondary N) is 2. The molecule has 0 fully saturated rings. The molecular weight excluding hydrogens is 140 g/mol. The molecule has 0 bridgehead atoms. The van der Waals surface area contributed by atoms with Gasteiger partial charge in [0, 0.05) is 12.1 Å². The first kappa shape index (κ1) is 12.8. The van der Waals surface area contributed by atoms with E-state index in [4.69, 9.17) is 0 Å². The summed E-state index contributed by atoms with van der Waals surface area (Å²) >= 11 is 0. The number of hydrogen-bond donors (Lipinski definition) is 2. The van der Waals surface area contributed by atoms with Crippen LogP contribution in [-0.4, -0.2) is 26.5 Å². The van der Waals surface area contributed by atoms with Gasteiger partial charge in [0.1, 0.15) is 0 Å². The zero-order chi connectivity index (χ0) is 9.28. The molecule has 66 valence electrons. The first-order chi connectivity index (χ1) is 5.09.